The zero-order valence-electron chi connectivity index (χ0n) is 20.4. The normalized spacial score (nSPS) is 14.9. The molecule has 11 heteroatoms. The van der Waals surface area contributed by atoms with Crippen LogP contribution in [0.15, 0.2) is 58.1 Å². The number of aliphatic hydroxyl groups excluding tert-OH is 1. The number of fused-ring (bicyclic) bond motifs is 1. The number of alkyl halides is 3. The molecule has 1 saturated carbocycles. The largest absolute Gasteiger partial charge is 0.487 e. The highest BCUT2D eigenvalue weighted by Crippen LogP contribution is 2.41. The van der Waals surface area contributed by atoms with Crippen LogP contribution in [0, 0.1) is 6.92 Å². The Morgan fingerprint density at radius 3 is 2.53 bits per heavy atom. The number of nitrogens with zero attached hydrogens (tertiary/aromatic N) is 1. The van der Waals surface area contributed by atoms with Crippen molar-refractivity contribution in [2.75, 3.05) is 0 Å². The van der Waals surface area contributed by atoms with Crippen molar-refractivity contribution in [3.8, 4) is 21.9 Å². The van der Waals surface area contributed by atoms with Crippen molar-refractivity contribution in [1.29, 1.82) is 0 Å². The number of rotatable bonds is 8. The summed E-state index contributed by atoms with van der Waals surface area (Å²) in [6.07, 6.45) is -4.70. The molecule has 1 aliphatic carbocycles. The van der Waals surface area contributed by atoms with Crippen molar-refractivity contribution < 1.29 is 27.8 Å². The molecule has 4 aromatic rings. The minimum atomic E-state index is -4.92. The van der Waals surface area contributed by atoms with Gasteiger partial charge in [-0.3, -0.25) is 14.3 Å². The summed E-state index contributed by atoms with van der Waals surface area (Å²) in [5.41, 5.74) is 0.451. The molecule has 0 unspecified atom stereocenters. The van der Waals surface area contributed by atoms with Gasteiger partial charge < -0.3 is 14.6 Å². The van der Waals surface area contributed by atoms with E-state index in [0.717, 1.165) is 40.7 Å². The summed E-state index contributed by atoms with van der Waals surface area (Å²) in [5.74, 6) is 1.07. The van der Waals surface area contributed by atoms with Gasteiger partial charge in [0, 0.05) is 4.88 Å². The van der Waals surface area contributed by atoms with Crippen LogP contribution in [0.4, 0.5) is 13.2 Å². The van der Waals surface area contributed by atoms with Gasteiger partial charge in [0.05, 0.1) is 18.0 Å². The molecule has 2 aromatic carbocycles. The number of thiophene rings is 1. The predicted molar refractivity (Wildman–Crippen MR) is 138 cm³/mol. The Balaban J connectivity index is 1.55. The molecule has 0 aliphatic heterocycles. The van der Waals surface area contributed by atoms with Crippen molar-refractivity contribution in [3.63, 3.8) is 0 Å². The van der Waals surface area contributed by atoms with Crippen LogP contribution in [-0.2, 0) is 13.2 Å². The third-order valence-electron chi connectivity index (χ3n) is 6.59. The van der Waals surface area contributed by atoms with Crippen molar-refractivity contribution in [2.24, 2.45) is 0 Å². The van der Waals surface area contributed by atoms with Gasteiger partial charge in [0.2, 0.25) is 0 Å². The second-order valence-corrected chi connectivity index (χ2v) is 10.3. The summed E-state index contributed by atoms with van der Waals surface area (Å²) in [4.78, 5) is 27.8. The van der Waals surface area contributed by atoms with Gasteiger partial charge in [-0.2, -0.15) is 13.2 Å². The van der Waals surface area contributed by atoms with E-state index in [2.05, 4.69) is 4.98 Å². The van der Waals surface area contributed by atoms with Crippen LogP contribution in [-0.4, -0.2) is 33.0 Å². The van der Waals surface area contributed by atoms with Crippen LogP contribution in [0.1, 0.15) is 30.4 Å². The van der Waals surface area contributed by atoms with Crippen LogP contribution in [0.25, 0.3) is 20.7 Å². The molecular weight excluding hydrogens is 521 g/mol. The molecule has 7 nitrogen and oxygen atoms in total. The monoisotopic (exact) mass is 546 g/mol. The minimum absolute atomic E-state index is 0.0559. The van der Waals surface area contributed by atoms with Crippen LogP contribution in [0.2, 0.25) is 0 Å². The maximum Gasteiger partial charge on any atom is 0.416 e. The molecule has 1 aliphatic rings. The quantitative estimate of drug-likeness (QED) is 0.319. The molecule has 5 rings (SSSR count). The van der Waals surface area contributed by atoms with Crippen LogP contribution < -0.4 is 20.7 Å². The lowest BCUT2D eigenvalue weighted by molar-refractivity contribution is -0.207. The molecule has 2 aromatic heterocycles. The predicted octanol–water partition coefficient (Wildman–Crippen LogP) is 5.16. The lowest BCUT2D eigenvalue weighted by Gasteiger charge is -2.27. The maximum absolute atomic E-state index is 13.0. The summed E-state index contributed by atoms with van der Waals surface area (Å²) in [6.45, 7) is 0.980. The molecule has 2 N–H and O–H groups in total. The van der Waals surface area contributed by atoms with E-state index in [1.165, 1.54) is 0 Å². The summed E-state index contributed by atoms with van der Waals surface area (Å²) in [6, 6.07) is 15.0. The summed E-state index contributed by atoms with van der Waals surface area (Å²) >= 11 is 1.02. The molecule has 1 fully saturated rings. The first-order valence-electron chi connectivity index (χ1n) is 12.1. The Kier molecular flexibility index (Phi) is 7.06. The van der Waals surface area contributed by atoms with Gasteiger partial charge in [-0.15, -0.1) is 11.3 Å². The van der Waals surface area contributed by atoms with E-state index < -0.39 is 30.1 Å². The highest BCUT2D eigenvalue weighted by molar-refractivity contribution is 7.22. The van der Waals surface area contributed by atoms with Crippen molar-refractivity contribution in [2.45, 2.75) is 57.7 Å². The van der Waals surface area contributed by atoms with E-state index in [-0.39, 0.29) is 16.3 Å². The number of halogens is 3. The van der Waals surface area contributed by atoms with E-state index in [1.807, 2.05) is 30.3 Å². The Morgan fingerprint density at radius 1 is 1.13 bits per heavy atom. The number of hydrogen-bond donors (Lipinski definition) is 2. The Bertz CT molecular complexity index is 1570. The zero-order valence-corrected chi connectivity index (χ0v) is 21.2. The number of aliphatic hydroxyl groups is 1. The topological polar surface area (TPSA) is 93.5 Å². The number of aromatic nitrogens is 2. The Labute approximate surface area is 219 Å². The van der Waals surface area contributed by atoms with E-state index in [1.54, 1.807) is 25.1 Å². The van der Waals surface area contributed by atoms with Crippen LogP contribution >= 0.6 is 11.3 Å². The molecule has 0 saturated heterocycles. The summed E-state index contributed by atoms with van der Waals surface area (Å²) < 4.78 is 52.1. The molecule has 1 atom stereocenters. The summed E-state index contributed by atoms with van der Waals surface area (Å²) in [7, 11) is 0. The fraction of sp³-hybridized carbons (Fsp3) is 0.333. The van der Waals surface area contributed by atoms with E-state index in [9.17, 15) is 27.9 Å². The second-order valence-electron chi connectivity index (χ2n) is 9.27. The first-order chi connectivity index (χ1) is 18.1. The third kappa shape index (κ3) is 5.21. The van der Waals surface area contributed by atoms with E-state index >= 15 is 0 Å². The SMILES string of the molecule is Cc1c(-c2ccc(OCc3ccccc3)c(OC3CCC3)c2)sc2c1c(=O)[nH]c(=O)n2C[C@@H](O)C(F)(F)F. The van der Waals surface area contributed by atoms with Gasteiger partial charge >= 0.3 is 11.9 Å². The second kappa shape index (κ2) is 10.3. The fourth-order valence-electron chi connectivity index (χ4n) is 4.26. The number of benzene rings is 2. The number of nitrogens with one attached hydrogen (secondary N) is 1. The molecule has 0 spiro atoms. The smallest absolute Gasteiger partial charge is 0.416 e. The Morgan fingerprint density at radius 2 is 1.87 bits per heavy atom. The highest BCUT2D eigenvalue weighted by atomic mass is 32.1. The Hall–Kier alpha value is -3.57. The lowest BCUT2D eigenvalue weighted by atomic mass is 9.96. The van der Waals surface area contributed by atoms with Gasteiger partial charge in [-0.05, 0) is 61.1 Å². The molecule has 200 valence electrons. The summed E-state index contributed by atoms with van der Waals surface area (Å²) in [5, 5.41) is 9.70. The maximum atomic E-state index is 13.0. The lowest BCUT2D eigenvalue weighted by Crippen LogP contribution is -2.38. The minimum Gasteiger partial charge on any atom is -0.487 e. The van der Waals surface area contributed by atoms with Crippen LogP contribution in [0.5, 0.6) is 11.5 Å². The molecule has 0 amide bonds. The molecule has 2 heterocycles. The molecule has 0 bridgehead atoms. The van der Waals surface area contributed by atoms with E-state index in [0.29, 0.717) is 34.1 Å². The molecular formula is C27H25F3N2O5S. The van der Waals surface area contributed by atoms with Crippen molar-refractivity contribution >= 4 is 21.6 Å². The number of H-pyrrole nitrogens is 1. The number of aryl methyl sites for hydroxylation is 1. The third-order valence-corrected chi connectivity index (χ3v) is 7.95. The highest BCUT2D eigenvalue weighted by Gasteiger charge is 2.39. The van der Waals surface area contributed by atoms with Crippen molar-refractivity contribution in [3.05, 3.63) is 80.5 Å². The first-order valence-corrected chi connectivity index (χ1v) is 12.9. The van der Waals surface area contributed by atoms with Gasteiger partial charge in [0.25, 0.3) is 5.56 Å². The first kappa shape index (κ1) is 26.1. The zero-order chi connectivity index (χ0) is 27.0. The molecule has 0 radical (unpaired) electrons. The van der Waals surface area contributed by atoms with E-state index in [4.69, 9.17) is 9.47 Å². The number of ether oxygens (including phenoxy) is 2. The van der Waals surface area contributed by atoms with Crippen molar-refractivity contribution in [1.82, 2.24) is 9.55 Å². The standard InChI is InChI=1S/C27H25F3N2O5S/c1-15-22-24(34)31-26(35)32(13-21(33)27(28,29)30)25(22)38-23(15)17-10-11-19(20(12-17)37-18-8-5-9-18)36-14-16-6-3-2-4-7-16/h2-4,6-7,10-12,18,21,33H,5,8-9,13-14H2,1H3,(H,31,34,35)/t21-/m1/s1. The van der Waals surface area contributed by atoms with Crippen LogP contribution in [0.3, 0.4) is 0 Å². The average Bonchev–Trinajstić information content (AvgIpc) is 3.20. The average molecular weight is 547 g/mol. The number of aromatic amines is 1. The van der Waals surface area contributed by atoms with Gasteiger partial charge in [-0.1, -0.05) is 30.3 Å². The molecule has 38 heavy (non-hydrogen) atoms. The van der Waals surface area contributed by atoms with Gasteiger partial charge in [0.1, 0.15) is 11.4 Å². The fourth-order valence-corrected chi connectivity index (χ4v) is 5.57. The van der Waals surface area contributed by atoms with Gasteiger partial charge in [0.15, 0.2) is 17.6 Å². The van der Waals surface area contributed by atoms with Gasteiger partial charge in [-0.25, -0.2) is 4.79 Å². The number of hydrogen-bond acceptors (Lipinski definition) is 6.